The lowest BCUT2D eigenvalue weighted by molar-refractivity contribution is 0.201. The summed E-state index contributed by atoms with van der Waals surface area (Å²) in [6, 6.07) is 0. The molecule has 0 spiro atoms. The van der Waals surface area contributed by atoms with E-state index in [0.717, 1.165) is 25.1 Å². The maximum Gasteiger partial charge on any atom is 0.0436 e. The molecule has 0 saturated carbocycles. The molecule has 0 aliphatic heterocycles. The third-order valence-corrected chi connectivity index (χ3v) is 2.04. The summed E-state index contributed by atoms with van der Waals surface area (Å²) in [6.45, 7) is 4.61. The Labute approximate surface area is 68.4 Å². The van der Waals surface area contributed by atoms with Gasteiger partial charge in [0.25, 0.3) is 0 Å². The minimum atomic E-state index is 0.267. The van der Waals surface area contributed by atoms with Gasteiger partial charge >= 0.3 is 0 Å². The smallest absolute Gasteiger partial charge is 0.0436 e. The number of alkyl halides is 1. The zero-order valence-electron chi connectivity index (χ0n) is 6.86. The van der Waals surface area contributed by atoms with Gasteiger partial charge in [0.1, 0.15) is 0 Å². The van der Waals surface area contributed by atoms with Crippen LogP contribution in [0, 0.1) is 5.41 Å². The van der Waals surface area contributed by atoms with Crippen LogP contribution in [0.3, 0.4) is 0 Å². The lowest BCUT2D eigenvalue weighted by Crippen LogP contribution is -2.13. The van der Waals surface area contributed by atoms with Gasteiger partial charge in [-0.1, -0.05) is 13.8 Å². The highest BCUT2D eigenvalue weighted by molar-refractivity contribution is 6.17. The lowest BCUT2D eigenvalue weighted by atomic mass is 9.85. The molecule has 10 heavy (non-hydrogen) atoms. The SMILES string of the molecule is CC(C)(CCO)CCCCl. The van der Waals surface area contributed by atoms with E-state index < -0.39 is 0 Å². The zero-order valence-corrected chi connectivity index (χ0v) is 7.62. The second kappa shape index (κ2) is 4.97. The van der Waals surface area contributed by atoms with Gasteiger partial charge in [0.05, 0.1) is 0 Å². The summed E-state index contributed by atoms with van der Waals surface area (Å²) in [7, 11) is 0. The molecular weight excluding hydrogens is 148 g/mol. The number of halogens is 1. The summed E-state index contributed by atoms with van der Waals surface area (Å²) >= 11 is 5.55. The van der Waals surface area contributed by atoms with E-state index in [9.17, 15) is 0 Å². The molecule has 0 radical (unpaired) electrons. The first-order valence-corrected chi connectivity index (χ1v) is 4.33. The summed E-state index contributed by atoms with van der Waals surface area (Å²) in [5, 5.41) is 8.67. The topological polar surface area (TPSA) is 20.2 Å². The Morgan fingerprint density at radius 2 is 1.90 bits per heavy atom. The highest BCUT2D eigenvalue weighted by Crippen LogP contribution is 2.25. The van der Waals surface area contributed by atoms with Crippen molar-refractivity contribution < 1.29 is 5.11 Å². The molecule has 0 saturated heterocycles. The van der Waals surface area contributed by atoms with E-state index in [1.807, 2.05) is 0 Å². The monoisotopic (exact) mass is 164 g/mol. The zero-order chi connectivity index (χ0) is 8.04. The van der Waals surface area contributed by atoms with Crippen molar-refractivity contribution >= 4 is 11.6 Å². The molecule has 62 valence electrons. The van der Waals surface area contributed by atoms with E-state index in [4.69, 9.17) is 16.7 Å². The molecule has 0 heterocycles. The van der Waals surface area contributed by atoms with Crippen LogP contribution >= 0.6 is 11.6 Å². The molecule has 1 nitrogen and oxygen atoms in total. The molecule has 0 aromatic rings. The van der Waals surface area contributed by atoms with Crippen molar-refractivity contribution in [3.8, 4) is 0 Å². The summed E-state index contributed by atoms with van der Waals surface area (Å²) in [5.74, 6) is 0.731. The lowest BCUT2D eigenvalue weighted by Gasteiger charge is -2.22. The fourth-order valence-corrected chi connectivity index (χ4v) is 1.11. The van der Waals surface area contributed by atoms with Crippen molar-refractivity contribution in [2.24, 2.45) is 5.41 Å². The van der Waals surface area contributed by atoms with Crippen LogP contribution in [0.2, 0.25) is 0 Å². The van der Waals surface area contributed by atoms with Gasteiger partial charge in [-0.2, -0.15) is 0 Å². The first-order valence-electron chi connectivity index (χ1n) is 3.79. The third kappa shape index (κ3) is 5.07. The van der Waals surface area contributed by atoms with Crippen LogP contribution in [-0.2, 0) is 0 Å². The summed E-state index contributed by atoms with van der Waals surface area (Å²) < 4.78 is 0. The van der Waals surface area contributed by atoms with Gasteiger partial charge in [0.15, 0.2) is 0 Å². The van der Waals surface area contributed by atoms with Crippen LogP contribution in [0.5, 0.6) is 0 Å². The van der Waals surface area contributed by atoms with Crippen molar-refractivity contribution in [1.29, 1.82) is 0 Å². The second-order valence-corrected chi connectivity index (χ2v) is 3.81. The number of rotatable bonds is 5. The van der Waals surface area contributed by atoms with Crippen LogP contribution in [0.15, 0.2) is 0 Å². The number of aliphatic hydroxyl groups excluding tert-OH is 1. The molecule has 0 bridgehead atoms. The molecule has 0 rings (SSSR count). The van der Waals surface area contributed by atoms with Crippen molar-refractivity contribution in [2.45, 2.75) is 33.1 Å². The second-order valence-electron chi connectivity index (χ2n) is 3.43. The maximum atomic E-state index is 8.67. The first-order chi connectivity index (χ1) is 4.62. The molecule has 0 amide bonds. The van der Waals surface area contributed by atoms with Crippen LogP contribution in [-0.4, -0.2) is 17.6 Å². The first kappa shape index (κ1) is 10.2. The molecule has 0 fully saturated rings. The molecule has 0 unspecified atom stereocenters. The number of hydrogen-bond donors (Lipinski definition) is 1. The number of hydrogen-bond acceptors (Lipinski definition) is 1. The third-order valence-electron chi connectivity index (χ3n) is 1.78. The molecule has 1 N–H and O–H groups in total. The maximum absolute atomic E-state index is 8.67. The number of aliphatic hydroxyl groups is 1. The normalized spacial score (nSPS) is 12.0. The summed E-state index contributed by atoms with van der Waals surface area (Å²) in [5.41, 5.74) is 0.267. The standard InChI is InChI=1S/C8H17ClO/c1-8(2,5-7-10)4-3-6-9/h10H,3-7H2,1-2H3. The van der Waals surface area contributed by atoms with Crippen LogP contribution in [0.25, 0.3) is 0 Å². The largest absolute Gasteiger partial charge is 0.396 e. The van der Waals surface area contributed by atoms with Gasteiger partial charge in [-0.25, -0.2) is 0 Å². The van der Waals surface area contributed by atoms with Crippen LogP contribution < -0.4 is 0 Å². The van der Waals surface area contributed by atoms with Gasteiger partial charge < -0.3 is 5.11 Å². The molecule has 0 aliphatic carbocycles. The van der Waals surface area contributed by atoms with E-state index in [1.165, 1.54) is 0 Å². The van der Waals surface area contributed by atoms with E-state index in [1.54, 1.807) is 0 Å². The van der Waals surface area contributed by atoms with Gasteiger partial charge in [-0.05, 0) is 24.7 Å². The summed E-state index contributed by atoms with van der Waals surface area (Å²) in [4.78, 5) is 0. The Morgan fingerprint density at radius 3 is 2.30 bits per heavy atom. The fraction of sp³-hybridized carbons (Fsp3) is 1.00. The van der Waals surface area contributed by atoms with Crippen molar-refractivity contribution in [3.05, 3.63) is 0 Å². The van der Waals surface area contributed by atoms with Gasteiger partial charge in [0.2, 0.25) is 0 Å². The van der Waals surface area contributed by atoms with Gasteiger partial charge in [-0.15, -0.1) is 11.6 Å². The molecule has 0 aliphatic rings. The minimum Gasteiger partial charge on any atom is -0.396 e. The molecule has 0 atom stereocenters. The predicted molar refractivity (Wildman–Crippen MR) is 45.4 cm³/mol. The van der Waals surface area contributed by atoms with Crippen molar-refractivity contribution in [2.75, 3.05) is 12.5 Å². The Balaban J connectivity index is 3.42. The Morgan fingerprint density at radius 1 is 1.30 bits per heavy atom. The van der Waals surface area contributed by atoms with Gasteiger partial charge in [0, 0.05) is 12.5 Å². The fourth-order valence-electron chi connectivity index (χ4n) is 0.973. The van der Waals surface area contributed by atoms with E-state index in [-0.39, 0.29) is 12.0 Å². The van der Waals surface area contributed by atoms with E-state index in [2.05, 4.69) is 13.8 Å². The highest BCUT2D eigenvalue weighted by atomic mass is 35.5. The Bertz CT molecular complexity index is 81.3. The highest BCUT2D eigenvalue weighted by Gasteiger charge is 2.15. The van der Waals surface area contributed by atoms with E-state index >= 15 is 0 Å². The van der Waals surface area contributed by atoms with Crippen LogP contribution in [0.1, 0.15) is 33.1 Å². The molecule has 0 aromatic carbocycles. The van der Waals surface area contributed by atoms with E-state index in [0.29, 0.717) is 0 Å². The minimum absolute atomic E-state index is 0.267. The Kier molecular flexibility index (Phi) is 5.10. The average Bonchev–Trinajstić information content (AvgIpc) is 1.84. The molecular formula is C8H17ClO. The van der Waals surface area contributed by atoms with Crippen molar-refractivity contribution in [3.63, 3.8) is 0 Å². The molecule has 2 heteroatoms. The molecule has 0 aromatic heterocycles. The quantitative estimate of drug-likeness (QED) is 0.619. The van der Waals surface area contributed by atoms with Crippen LogP contribution in [0.4, 0.5) is 0 Å². The average molecular weight is 165 g/mol. The van der Waals surface area contributed by atoms with Gasteiger partial charge in [-0.3, -0.25) is 0 Å². The Hall–Kier alpha value is 0.250. The van der Waals surface area contributed by atoms with Crippen molar-refractivity contribution in [1.82, 2.24) is 0 Å². The summed E-state index contributed by atoms with van der Waals surface area (Å²) in [6.07, 6.45) is 3.04. The predicted octanol–water partition coefficient (Wildman–Crippen LogP) is 2.41.